The maximum atomic E-state index is 9.29. The van der Waals surface area contributed by atoms with E-state index in [1.807, 2.05) is 18.4 Å². The van der Waals surface area contributed by atoms with Crippen LogP contribution in [0.4, 0.5) is 10.8 Å². The monoisotopic (exact) mass is 254 g/mol. The van der Waals surface area contributed by atoms with E-state index in [2.05, 4.69) is 10.3 Å². The fourth-order valence-corrected chi connectivity index (χ4v) is 2.28. The number of alkyl halides is 1. The van der Waals surface area contributed by atoms with Gasteiger partial charge in [-0.2, -0.15) is 0 Å². The van der Waals surface area contributed by atoms with Crippen molar-refractivity contribution in [1.29, 1.82) is 0 Å². The number of hydrogen-bond donors (Lipinski definition) is 2. The summed E-state index contributed by atoms with van der Waals surface area (Å²) in [4.78, 5) is 4.30. The maximum Gasteiger partial charge on any atom is 0.187 e. The Morgan fingerprint density at radius 1 is 1.50 bits per heavy atom. The normalized spacial score (nSPS) is 10.4. The first-order chi connectivity index (χ1) is 7.69. The molecule has 0 bridgehead atoms. The van der Waals surface area contributed by atoms with E-state index in [1.165, 1.54) is 11.3 Å². The zero-order valence-electron chi connectivity index (χ0n) is 8.70. The van der Waals surface area contributed by atoms with Crippen molar-refractivity contribution in [2.75, 3.05) is 5.32 Å². The zero-order valence-corrected chi connectivity index (χ0v) is 10.3. The second-order valence-corrected chi connectivity index (χ2v) is 4.53. The molecule has 3 nitrogen and oxygen atoms in total. The molecule has 0 aliphatic carbocycles. The van der Waals surface area contributed by atoms with Crippen LogP contribution in [0.1, 0.15) is 11.3 Å². The van der Waals surface area contributed by atoms with Crippen molar-refractivity contribution in [1.82, 2.24) is 4.98 Å². The number of phenols is 1. The van der Waals surface area contributed by atoms with Crippen molar-refractivity contribution < 1.29 is 5.11 Å². The van der Waals surface area contributed by atoms with E-state index < -0.39 is 0 Å². The van der Waals surface area contributed by atoms with Crippen molar-refractivity contribution in [3.63, 3.8) is 0 Å². The molecule has 5 heteroatoms. The third-order valence-corrected chi connectivity index (χ3v) is 3.22. The highest BCUT2D eigenvalue weighted by atomic mass is 35.5. The van der Waals surface area contributed by atoms with Gasteiger partial charge in [0, 0.05) is 11.1 Å². The number of halogens is 1. The van der Waals surface area contributed by atoms with Crippen molar-refractivity contribution in [3.05, 3.63) is 34.8 Å². The number of anilines is 2. The van der Waals surface area contributed by atoms with Gasteiger partial charge < -0.3 is 10.4 Å². The Morgan fingerprint density at radius 3 is 2.94 bits per heavy atom. The number of nitrogens with one attached hydrogen (secondary N) is 1. The summed E-state index contributed by atoms with van der Waals surface area (Å²) in [5, 5.41) is 15.2. The Labute approximate surface area is 103 Å². The number of rotatable bonds is 3. The molecule has 2 rings (SSSR count). The average molecular weight is 255 g/mol. The molecule has 0 radical (unpaired) electrons. The van der Waals surface area contributed by atoms with Crippen LogP contribution >= 0.6 is 22.9 Å². The molecule has 2 aromatic rings. The highest BCUT2D eigenvalue weighted by Gasteiger charge is 2.03. The molecule has 0 aliphatic heterocycles. The lowest BCUT2D eigenvalue weighted by Crippen LogP contribution is -1.92. The molecule has 0 aliphatic rings. The highest BCUT2D eigenvalue weighted by Crippen LogP contribution is 2.26. The number of aromatic hydroxyl groups is 1. The van der Waals surface area contributed by atoms with Crippen LogP contribution in [0.3, 0.4) is 0 Å². The summed E-state index contributed by atoms with van der Waals surface area (Å²) in [6.45, 7) is 1.93. The molecule has 0 saturated carbocycles. The quantitative estimate of drug-likeness (QED) is 0.649. The van der Waals surface area contributed by atoms with Crippen molar-refractivity contribution in [3.8, 4) is 5.75 Å². The van der Waals surface area contributed by atoms with E-state index in [0.717, 1.165) is 22.1 Å². The molecule has 0 fully saturated rings. The molecule has 1 aromatic carbocycles. The molecule has 0 saturated heterocycles. The van der Waals surface area contributed by atoms with E-state index in [9.17, 15) is 5.11 Å². The first-order valence-electron chi connectivity index (χ1n) is 4.76. The van der Waals surface area contributed by atoms with E-state index >= 15 is 0 Å². The summed E-state index contributed by atoms with van der Waals surface area (Å²) in [7, 11) is 0. The Bertz CT molecular complexity index is 498. The first kappa shape index (κ1) is 11.2. The minimum Gasteiger partial charge on any atom is -0.508 e. The predicted octanol–water partition coefficient (Wildman–Crippen LogP) is 3.64. The Kier molecular flexibility index (Phi) is 3.31. The van der Waals surface area contributed by atoms with Gasteiger partial charge in [-0.05, 0) is 30.7 Å². The molecular formula is C11H11ClN2OS. The number of benzene rings is 1. The summed E-state index contributed by atoms with van der Waals surface area (Å²) < 4.78 is 0. The van der Waals surface area contributed by atoms with Gasteiger partial charge in [0.25, 0.3) is 0 Å². The SMILES string of the molecule is Cc1cc(O)ccc1Nc1nc(CCl)cs1. The average Bonchev–Trinajstić information content (AvgIpc) is 2.70. The van der Waals surface area contributed by atoms with Crippen LogP contribution < -0.4 is 5.32 Å². The number of aromatic nitrogens is 1. The van der Waals surface area contributed by atoms with Gasteiger partial charge in [-0.3, -0.25) is 0 Å². The summed E-state index contributed by atoms with van der Waals surface area (Å²) in [5.41, 5.74) is 2.78. The predicted molar refractivity (Wildman–Crippen MR) is 67.8 cm³/mol. The molecule has 0 unspecified atom stereocenters. The first-order valence-corrected chi connectivity index (χ1v) is 6.17. The van der Waals surface area contributed by atoms with Gasteiger partial charge >= 0.3 is 0 Å². The van der Waals surface area contributed by atoms with E-state index in [0.29, 0.717) is 5.88 Å². The van der Waals surface area contributed by atoms with Crippen LogP contribution in [0.25, 0.3) is 0 Å². The number of aryl methyl sites for hydroxylation is 1. The van der Waals surface area contributed by atoms with Gasteiger partial charge in [0.2, 0.25) is 0 Å². The molecule has 2 N–H and O–H groups in total. The molecule has 1 heterocycles. The second kappa shape index (κ2) is 4.72. The maximum absolute atomic E-state index is 9.29. The summed E-state index contributed by atoms with van der Waals surface area (Å²) in [5.74, 6) is 0.691. The second-order valence-electron chi connectivity index (χ2n) is 3.40. The number of hydrogen-bond acceptors (Lipinski definition) is 4. The minimum absolute atomic E-state index is 0.267. The van der Waals surface area contributed by atoms with Gasteiger partial charge in [-0.25, -0.2) is 4.98 Å². The number of phenolic OH excluding ortho intramolecular Hbond substituents is 1. The summed E-state index contributed by atoms with van der Waals surface area (Å²) >= 11 is 7.19. The van der Waals surface area contributed by atoms with Gasteiger partial charge in [-0.15, -0.1) is 22.9 Å². The number of thiazole rings is 1. The minimum atomic E-state index is 0.267. The van der Waals surface area contributed by atoms with Crippen LogP contribution in [0.2, 0.25) is 0 Å². The molecule has 16 heavy (non-hydrogen) atoms. The van der Waals surface area contributed by atoms with Crippen LogP contribution in [0.15, 0.2) is 23.6 Å². The fourth-order valence-electron chi connectivity index (χ4n) is 1.33. The zero-order chi connectivity index (χ0) is 11.5. The summed E-state index contributed by atoms with van der Waals surface area (Å²) in [6.07, 6.45) is 0. The fraction of sp³-hybridized carbons (Fsp3) is 0.182. The van der Waals surface area contributed by atoms with Crippen molar-refractivity contribution in [2.24, 2.45) is 0 Å². The topological polar surface area (TPSA) is 45.1 Å². The van der Waals surface area contributed by atoms with Crippen LogP contribution in [0, 0.1) is 6.92 Å². The smallest absolute Gasteiger partial charge is 0.187 e. The molecule has 1 aromatic heterocycles. The Balaban J connectivity index is 2.20. The van der Waals surface area contributed by atoms with E-state index in [-0.39, 0.29) is 5.75 Å². The number of nitrogens with zero attached hydrogens (tertiary/aromatic N) is 1. The molecule has 0 atom stereocenters. The van der Waals surface area contributed by atoms with Crippen molar-refractivity contribution in [2.45, 2.75) is 12.8 Å². The third kappa shape index (κ3) is 2.46. The molecule has 0 amide bonds. The van der Waals surface area contributed by atoms with E-state index in [4.69, 9.17) is 11.6 Å². The van der Waals surface area contributed by atoms with Crippen LogP contribution in [-0.4, -0.2) is 10.1 Å². The highest BCUT2D eigenvalue weighted by molar-refractivity contribution is 7.13. The standard InChI is InChI=1S/C11H11ClN2OS/c1-7-4-9(15)2-3-10(7)14-11-13-8(5-12)6-16-11/h2-4,6,15H,5H2,1H3,(H,13,14). The van der Waals surface area contributed by atoms with Gasteiger partial charge in [0.1, 0.15) is 5.75 Å². The lowest BCUT2D eigenvalue weighted by molar-refractivity contribution is 0.475. The third-order valence-electron chi connectivity index (χ3n) is 2.14. The Morgan fingerprint density at radius 2 is 2.31 bits per heavy atom. The lowest BCUT2D eigenvalue weighted by atomic mass is 10.2. The largest absolute Gasteiger partial charge is 0.508 e. The van der Waals surface area contributed by atoms with Gasteiger partial charge in [-0.1, -0.05) is 0 Å². The molecule has 0 spiro atoms. The van der Waals surface area contributed by atoms with Gasteiger partial charge in [0.05, 0.1) is 11.6 Å². The lowest BCUT2D eigenvalue weighted by Gasteiger charge is -2.06. The van der Waals surface area contributed by atoms with Crippen LogP contribution in [0.5, 0.6) is 5.75 Å². The molecular weight excluding hydrogens is 244 g/mol. The van der Waals surface area contributed by atoms with Crippen molar-refractivity contribution >= 4 is 33.8 Å². The Hall–Kier alpha value is -1.26. The summed E-state index contributed by atoms with van der Waals surface area (Å²) in [6, 6.07) is 5.18. The molecule has 84 valence electrons. The van der Waals surface area contributed by atoms with Crippen LogP contribution in [-0.2, 0) is 5.88 Å². The van der Waals surface area contributed by atoms with E-state index in [1.54, 1.807) is 12.1 Å². The van der Waals surface area contributed by atoms with Gasteiger partial charge in [0.15, 0.2) is 5.13 Å².